The van der Waals surface area contributed by atoms with Crippen molar-refractivity contribution in [1.82, 2.24) is 19.8 Å². The lowest BCUT2D eigenvalue weighted by atomic mass is 10.3. The van der Waals surface area contributed by atoms with Crippen molar-refractivity contribution >= 4 is 21.9 Å². The Morgan fingerprint density at radius 1 is 1.43 bits per heavy atom. The van der Waals surface area contributed by atoms with E-state index >= 15 is 0 Å². The maximum Gasteiger partial charge on any atom is 0.340 e. The normalized spacial score (nSPS) is 11.9. The van der Waals surface area contributed by atoms with Crippen LogP contribution in [0.4, 0.5) is 0 Å². The summed E-state index contributed by atoms with van der Waals surface area (Å²) in [4.78, 5) is 22.7. The van der Waals surface area contributed by atoms with Gasteiger partial charge in [-0.1, -0.05) is 0 Å². The van der Waals surface area contributed by atoms with Crippen molar-refractivity contribution < 1.29 is 23.1 Å². The summed E-state index contributed by atoms with van der Waals surface area (Å²) in [6.07, 6.45) is 0. The number of hydrogen-bond acceptors (Lipinski definition) is 5. The summed E-state index contributed by atoms with van der Waals surface area (Å²) >= 11 is 0. The number of hydrogen-bond donors (Lipinski definition) is 3. The Balaban J connectivity index is 3.06. The Morgan fingerprint density at radius 3 is 2.48 bits per heavy atom. The largest absolute Gasteiger partial charge is 0.478 e. The van der Waals surface area contributed by atoms with Gasteiger partial charge in [0.15, 0.2) is 0 Å². The van der Waals surface area contributed by atoms with Gasteiger partial charge in [-0.3, -0.25) is 9.89 Å². The minimum absolute atomic E-state index is 0.126. The van der Waals surface area contributed by atoms with Gasteiger partial charge in [-0.05, 0) is 20.8 Å². The van der Waals surface area contributed by atoms with E-state index in [0.717, 1.165) is 4.31 Å². The van der Waals surface area contributed by atoms with Crippen LogP contribution in [0.3, 0.4) is 0 Å². The predicted octanol–water partition coefficient (Wildman–Crippen LogP) is -0.439. The molecule has 0 atom stereocenters. The third kappa shape index (κ3) is 3.79. The van der Waals surface area contributed by atoms with E-state index in [1.165, 1.54) is 14.0 Å². The molecule has 9 nitrogen and oxygen atoms in total. The van der Waals surface area contributed by atoms with Gasteiger partial charge in [-0.25, -0.2) is 13.2 Å². The second kappa shape index (κ2) is 6.22. The molecule has 0 aliphatic heterocycles. The fourth-order valence-corrected chi connectivity index (χ4v) is 2.89. The number of sulfonamides is 1. The minimum Gasteiger partial charge on any atom is -0.478 e. The summed E-state index contributed by atoms with van der Waals surface area (Å²) in [7, 11) is -2.99. The second-order valence-corrected chi connectivity index (χ2v) is 6.78. The van der Waals surface area contributed by atoms with E-state index in [9.17, 15) is 18.0 Å². The van der Waals surface area contributed by atoms with Crippen LogP contribution in [0.2, 0.25) is 0 Å². The number of nitrogens with zero attached hydrogens (tertiary/aromatic N) is 2. The lowest BCUT2D eigenvalue weighted by molar-refractivity contribution is -0.121. The van der Waals surface area contributed by atoms with Crippen molar-refractivity contribution in [3.8, 4) is 0 Å². The Bertz CT molecular complexity index is 650. The van der Waals surface area contributed by atoms with Crippen molar-refractivity contribution in [3.05, 3.63) is 11.3 Å². The molecule has 0 aliphatic rings. The van der Waals surface area contributed by atoms with Gasteiger partial charge in [-0.2, -0.15) is 9.40 Å². The van der Waals surface area contributed by atoms with Crippen molar-refractivity contribution in [2.24, 2.45) is 0 Å². The van der Waals surface area contributed by atoms with Crippen LogP contribution in [-0.2, 0) is 14.8 Å². The molecule has 0 radical (unpaired) electrons. The maximum absolute atomic E-state index is 12.3. The molecule has 0 unspecified atom stereocenters. The van der Waals surface area contributed by atoms with Crippen molar-refractivity contribution in [2.45, 2.75) is 31.8 Å². The van der Waals surface area contributed by atoms with Crippen LogP contribution in [0.15, 0.2) is 5.03 Å². The molecular formula is C11H18N4O5S. The molecule has 1 rings (SSSR count). The molecule has 0 spiro atoms. The monoisotopic (exact) mass is 318 g/mol. The van der Waals surface area contributed by atoms with Gasteiger partial charge in [0.25, 0.3) is 10.0 Å². The van der Waals surface area contributed by atoms with Crippen molar-refractivity contribution in [3.63, 3.8) is 0 Å². The fourth-order valence-electron chi connectivity index (χ4n) is 1.65. The molecule has 1 aromatic heterocycles. The number of rotatable bonds is 6. The average Bonchev–Trinajstić information content (AvgIpc) is 2.70. The zero-order valence-electron chi connectivity index (χ0n) is 12.2. The Hall–Kier alpha value is -1.94. The Labute approximate surface area is 122 Å². The number of carboxylic acid groups (broad SMARTS) is 1. The van der Waals surface area contributed by atoms with E-state index in [2.05, 4.69) is 15.5 Å². The highest BCUT2D eigenvalue weighted by Gasteiger charge is 2.32. The number of carbonyl (C=O) groups is 2. The highest BCUT2D eigenvalue weighted by molar-refractivity contribution is 7.89. The highest BCUT2D eigenvalue weighted by atomic mass is 32.2. The first-order valence-electron chi connectivity index (χ1n) is 6.11. The van der Waals surface area contributed by atoms with Gasteiger partial charge in [0.1, 0.15) is 5.56 Å². The number of aryl methyl sites for hydroxylation is 1. The third-order valence-electron chi connectivity index (χ3n) is 2.60. The molecule has 0 saturated heterocycles. The van der Waals surface area contributed by atoms with Gasteiger partial charge in [0.05, 0.1) is 6.54 Å². The SMILES string of the molecule is Cc1[nH]nc(S(=O)(=O)N(C)CC(=O)NC(C)C)c1C(=O)O. The van der Waals surface area contributed by atoms with Gasteiger partial charge < -0.3 is 10.4 Å². The molecular weight excluding hydrogens is 300 g/mol. The lowest BCUT2D eigenvalue weighted by Crippen LogP contribution is -2.41. The first-order chi connectivity index (χ1) is 9.57. The average molecular weight is 318 g/mol. The number of aromatic nitrogens is 2. The number of aromatic amines is 1. The zero-order chi connectivity index (χ0) is 16.4. The van der Waals surface area contributed by atoms with Crippen LogP contribution in [0.1, 0.15) is 29.9 Å². The molecule has 0 aliphatic carbocycles. The summed E-state index contributed by atoms with van der Waals surface area (Å²) in [5, 5.41) is 16.9. The standard InChI is InChI=1S/C11H18N4O5S/c1-6(2)12-8(16)5-15(4)21(19,20)10-9(11(17)18)7(3)13-14-10/h6H,5H2,1-4H3,(H,12,16)(H,13,14)(H,17,18). The fraction of sp³-hybridized carbons (Fsp3) is 0.545. The number of carbonyl (C=O) groups excluding carboxylic acids is 1. The first kappa shape index (κ1) is 17.1. The van der Waals surface area contributed by atoms with Gasteiger partial charge >= 0.3 is 5.97 Å². The van der Waals surface area contributed by atoms with Crippen LogP contribution < -0.4 is 5.32 Å². The Kier molecular flexibility index (Phi) is 5.07. The van der Waals surface area contributed by atoms with Crippen LogP contribution in [0.5, 0.6) is 0 Å². The number of amides is 1. The van der Waals surface area contributed by atoms with Crippen molar-refractivity contribution in [2.75, 3.05) is 13.6 Å². The number of aromatic carboxylic acids is 1. The van der Waals surface area contributed by atoms with Crippen LogP contribution in [0, 0.1) is 6.92 Å². The molecule has 118 valence electrons. The number of H-pyrrole nitrogens is 1. The Morgan fingerprint density at radius 2 is 2.00 bits per heavy atom. The maximum atomic E-state index is 12.3. The van der Waals surface area contributed by atoms with Gasteiger partial charge in [0, 0.05) is 18.8 Å². The molecule has 0 bridgehead atoms. The van der Waals surface area contributed by atoms with Crippen LogP contribution in [0.25, 0.3) is 0 Å². The third-order valence-corrected chi connectivity index (χ3v) is 4.33. The first-order valence-corrected chi connectivity index (χ1v) is 7.55. The van der Waals surface area contributed by atoms with Gasteiger partial charge in [-0.15, -0.1) is 0 Å². The summed E-state index contributed by atoms with van der Waals surface area (Å²) in [6.45, 7) is 4.46. The molecule has 10 heteroatoms. The van der Waals surface area contributed by atoms with Crippen LogP contribution >= 0.6 is 0 Å². The van der Waals surface area contributed by atoms with Gasteiger partial charge in [0.2, 0.25) is 10.9 Å². The van der Waals surface area contributed by atoms with E-state index < -0.39 is 39.0 Å². The number of nitrogens with one attached hydrogen (secondary N) is 2. The molecule has 1 aromatic rings. The van der Waals surface area contributed by atoms with E-state index in [1.807, 2.05) is 0 Å². The number of carboxylic acids is 1. The highest BCUT2D eigenvalue weighted by Crippen LogP contribution is 2.19. The predicted molar refractivity (Wildman–Crippen MR) is 73.4 cm³/mol. The quantitative estimate of drug-likeness (QED) is 0.651. The zero-order valence-corrected chi connectivity index (χ0v) is 13.0. The smallest absolute Gasteiger partial charge is 0.340 e. The van der Waals surface area contributed by atoms with E-state index in [4.69, 9.17) is 5.11 Å². The molecule has 0 fully saturated rings. The summed E-state index contributed by atoms with van der Waals surface area (Å²) in [5.41, 5.74) is -0.299. The van der Waals surface area contributed by atoms with E-state index in [1.54, 1.807) is 13.8 Å². The summed E-state index contributed by atoms with van der Waals surface area (Å²) in [5.74, 6) is -1.89. The molecule has 3 N–H and O–H groups in total. The molecule has 21 heavy (non-hydrogen) atoms. The minimum atomic E-state index is -4.18. The molecule has 1 amide bonds. The second-order valence-electron chi connectivity index (χ2n) is 4.82. The molecule has 0 saturated carbocycles. The van der Waals surface area contributed by atoms with E-state index in [-0.39, 0.29) is 11.7 Å². The van der Waals surface area contributed by atoms with E-state index in [0.29, 0.717) is 0 Å². The lowest BCUT2D eigenvalue weighted by Gasteiger charge is -2.16. The topological polar surface area (TPSA) is 132 Å². The van der Waals surface area contributed by atoms with Crippen LogP contribution in [-0.4, -0.2) is 59.5 Å². The van der Waals surface area contributed by atoms with Crippen molar-refractivity contribution in [1.29, 1.82) is 0 Å². The number of likely N-dealkylation sites (N-methyl/N-ethyl adjacent to an activating group) is 1. The summed E-state index contributed by atoms with van der Waals surface area (Å²) < 4.78 is 25.3. The molecule has 1 heterocycles. The summed E-state index contributed by atoms with van der Waals surface area (Å²) in [6, 6.07) is -0.129. The molecule has 0 aromatic carbocycles.